The fraction of sp³-hybridized carbons (Fsp3) is 0.229. The van der Waals surface area contributed by atoms with E-state index in [1.54, 1.807) is 23.1 Å². The van der Waals surface area contributed by atoms with Gasteiger partial charge in [-0.3, -0.25) is 19.5 Å². The van der Waals surface area contributed by atoms with E-state index in [0.717, 1.165) is 33.3 Å². The molecular weight excluding hydrogens is 753 g/mol. The van der Waals surface area contributed by atoms with Crippen LogP contribution < -0.4 is 5.32 Å². The Bertz CT molecular complexity index is 2940. The largest absolute Gasteiger partial charge is 0.508 e. The van der Waals surface area contributed by atoms with Crippen molar-refractivity contribution in [3.8, 4) is 34.2 Å². The molecule has 1 atom stereocenters. The summed E-state index contributed by atoms with van der Waals surface area (Å²) < 4.78 is 3.78. The molecule has 7 aromatic rings. The SMILES string of the molecule is Cc1c(-c2c(C(=O)Nc3ccc(O)cc3)c(C)n(C)c2-c2cc3c(cc2C(=O)N2Cc4ccccc4C[C@H]2C)CN(C(=O)c2n[nH]c4ccccc24)CC3)cc(C#N)n1C. The highest BCUT2D eigenvalue weighted by atomic mass is 16.3. The van der Waals surface area contributed by atoms with Crippen LogP contribution in [0.4, 0.5) is 5.69 Å². The molecule has 0 spiro atoms. The third-order valence-electron chi connectivity index (χ3n) is 12.5. The Morgan fingerprint density at radius 3 is 2.32 bits per heavy atom. The van der Waals surface area contributed by atoms with E-state index in [-0.39, 0.29) is 36.1 Å². The molecule has 12 heteroatoms. The summed E-state index contributed by atoms with van der Waals surface area (Å²) in [6, 6.07) is 30.1. The number of para-hydroxylation sites is 1. The molecular formula is C48H44N8O4. The number of aromatic hydroxyl groups is 1. The predicted molar refractivity (Wildman–Crippen MR) is 230 cm³/mol. The number of anilines is 1. The van der Waals surface area contributed by atoms with Crippen molar-refractivity contribution in [1.82, 2.24) is 29.1 Å². The van der Waals surface area contributed by atoms with Crippen LogP contribution in [0.3, 0.4) is 0 Å². The summed E-state index contributed by atoms with van der Waals surface area (Å²) in [4.78, 5) is 47.7. The monoisotopic (exact) mass is 796 g/mol. The van der Waals surface area contributed by atoms with Gasteiger partial charge in [0.25, 0.3) is 17.7 Å². The topological polar surface area (TPSA) is 152 Å². The van der Waals surface area contributed by atoms with Crippen LogP contribution in [-0.4, -0.2) is 64.5 Å². The molecule has 0 fully saturated rings. The van der Waals surface area contributed by atoms with Gasteiger partial charge in [-0.2, -0.15) is 10.4 Å². The van der Waals surface area contributed by atoms with Crippen LogP contribution in [0, 0.1) is 25.2 Å². The van der Waals surface area contributed by atoms with Crippen LogP contribution in [-0.2, 0) is 40.0 Å². The molecule has 5 heterocycles. The molecule has 2 aliphatic heterocycles. The minimum atomic E-state index is -0.371. The van der Waals surface area contributed by atoms with Gasteiger partial charge in [0.1, 0.15) is 17.5 Å². The Morgan fingerprint density at radius 1 is 0.833 bits per heavy atom. The molecule has 0 saturated carbocycles. The number of nitrogens with one attached hydrogen (secondary N) is 2. The fourth-order valence-electron chi connectivity index (χ4n) is 8.99. The third kappa shape index (κ3) is 6.30. The van der Waals surface area contributed by atoms with Crippen LogP contribution in [0.15, 0.2) is 91.0 Å². The molecule has 12 nitrogen and oxygen atoms in total. The quantitative estimate of drug-likeness (QED) is 0.146. The van der Waals surface area contributed by atoms with E-state index in [0.29, 0.717) is 82.2 Å². The number of fused-ring (bicyclic) bond motifs is 3. The molecule has 3 N–H and O–H groups in total. The minimum absolute atomic E-state index is 0.0778. The van der Waals surface area contributed by atoms with Gasteiger partial charge in [0, 0.05) is 84.5 Å². The molecule has 60 heavy (non-hydrogen) atoms. The number of phenols is 1. The van der Waals surface area contributed by atoms with Crippen LogP contribution >= 0.6 is 0 Å². The molecule has 300 valence electrons. The number of aromatic nitrogens is 4. The standard InChI is InChI=1S/C48H44N8O4/c1-27-20-30-10-6-7-11-32(30)26-56(27)47(59)40-22-33-25-55(48(60)44-37-12-8-9-13-41(37)51-52-44)19-18-31(33)21-39(40)45-43(38-23-35(24-49)53(4)28(38)2)42(29(3)54(45)5)46(58)50-34-14-16-36(57)17-15-34/h6-17,21-23,27,57H,18-20,25-26H2,1-5H3,(H,50,58)(H,51,52)/t27-/m1/s1. The summed E-state index contributed by atoms with van der Waals surface area (Å²) >= 11 is 0. The van der Waals surface area contributed by atoms with Gasteiger partial charge < -0.3 is 29.4 Å². The van der Waals surface area contributed by atoms with Crippen molar-refractivity contribution in [3.05, 3.63) is 147 Å². The van der Waals surface area contributed by atoms with Gasteiger partial charge >= 0.3 is 0 Å². The van der Waals surface area contributed by atoms with E-state index < -0.39 is 0 Å². The van der Waals surface area contributed by atoms with Crippen molar-refractivity contribution in [2.75, 3.05) is 11.9 Å². The summed E-state index contributed by atoms with van der Waals surface area (Å²) in [5.41, 5.74) is 11.2. The lowest BCUT2D eigenvalue weighted by molar-refractivity contribution is 0.0658. The zero-order chi connectivity index (χ0) is 42.0. The lowest BCUT2D eigenvalue weighted by atomic mass is 9.87. The van der Waals surface area contributed by atoms with E-state index in [9.17, 15) is 20.0 Å². The van der Waals surface area contributed by atoms with Crippen LogP contribution in [0.2, 0.25) is 0 Å². The first-order chi connectivity index (χ1) is 28.9. The first kappa shape index (κ1) is 38.1. The molecule has 0 bridgehead atoms. The highest BCUT2D eigenvalue weighted by Gasteiger charge is 2.35. The Kier molecular flexibility index (Phi) is 9.39. The maximum absolute atomic E-state index is 15.3. The van der Waals surface area contributed by atoms with Crippen LogP contribution in [0.25, 0.3) is 33.3 Å². The number of carbonyl (C=O) groups is 3. The number of nitrogens with zero attached hydrogens (tertiary/aromatic N) is 6. The summed E-state index contributed by atoms with van der Waals surface area (Å²) in [5, 5.41) is 31.2. The van der Waals surface area contributed by atoms with Gasteiger partial charge in [-0.1, -0.05) is 42.5 Å². The van der Waals surface area contributed by atoms with Gasteiger partial charge in [0.2, 0.25) is 0 Å². The maximum Gasteiger partial charge on any atom is 0.275 e. The number of hydrogen-bond acceptors (Lipinski definition) is 6. The van der Waals surface area contributed by atoms with Gasteiger partial charge in [-0.05, 0) is 104 Å². The first-order valence-electron chi connectivity index (χ1n) is 20.1. The number of hydrogen-bond donors (Lipinski definition) is 3. The average Bonchev–Trinajstić information content (AvgIpc) is 3.90. The average molecular weight is 797 g/mol. The summed E-state index contributed by atoms with van der Waals surface area (Å²) in [5.74, 6) is -0.634. The zero-order valence-corrected chi connectivity index (χ0v) is 34.1. The van der Waals surface area contributed by atoms with Crippen molar-refractivity contribution in [3.63, 3.8) is 0 Å². The maximum atomic E-state index is 15.3. The Balaban J connectivity index is 1.23. The number of benzene rings is 4. The molecule has 0 radical (unpaired) electrons. The zero-order valence-electron chi connectivity index (χ0n) is 34.1. The number of carbonyl (C=O) groups excluding carboxylic acids is 3. The number of phenolic OH excluding ortho intramolecular Hbond substituents is 1. The second kappa shape index (κ2) is 14.8. The highest BCUT2D eigenvalue weighted by molar-refractivity contribution is 6.14. The van der Waals surface area contributed by atoms with Crippen molar-refractivity contribution in [1.29, 1.82) is 5.26 Å². The Labute approximate surface area is 347 Å². The van der Waals surface area contributed by atoms with Gasteiger partial charge in [0.15, 0.2) is 5.69 Å². The fourth-order valence-corrected chi connectivity index (χ4v) is 8.99. The Morgan fingerprint density at radius 2 is 1.57 bits per heavy atom. The number of nitriles is 1. The molecule has 2 aliphatic rings. The van der Waals surface area contributed by atoms with E-state index in [1.165, 1.54) is 17.7 Å². The lowest BCUT2D eigenvalue weighted by Gasteiger charge is -2.36. The summed E-state index contributed by atoms with van der Waals surface area (Å²) in [6.45, 7) is 7.05. The van der Waals surface area contributed by atoms with Crippen molar-refractivity contribution in [2.24, 2.45) is 14.1 Å². The number of rotatable bonds is 6. The lowest BCUT2D eigenvalue weighted by Crippen LogP contribution is -2.43. The minimum Gasteiger partial charge on any atom is -0.508 e. The smallest absolute Gasteiger partial charge is 0.275 e. The molecule has 4 aromatic carbocycles. The normalized spacial score (nSPS) is 14.8. The first-order valence-corrected chi connectivity index (χ1v) is 20.1. The van der Waals surface area contributed by atoms with Crippen molar-refractivity contribution >= 4 is 34.3 Å². The number of amides is 3. The van der Waals surface area contributed by atoms with E-state index in [2.05, 4.69) is 46.7 Å². The van der Waals surface area contributed by atoms with Crippen LogP contribution in [0.1, 0.15) is 77.5 Å². The molecule has 0 saturated heterocycles. The highest BCUT2D eigenvalue weighted by Crippen LogP contribution is 2.44. The van der Waals surface area contributed by atoms with Crippen LogP contribution in [0.5, 0.6) is 5.75 Å². The molecule has 0 unspecified atom stereocenters. The Hall–Kier alpha value is -7.39. The van der Waals surface area contributed by atoms with E-state index in [1.807, 2.05) is 84.4 Å². The van der Waals surface area contributed by atoms with E-state index >= 15 is 4.79 Å². The molecule has 3 aromatic heterocycles. The number of H-pyrrole nitrogens is 1. The van der Waals surface area contributed by atoms with Crippen molar-refractivity contribution in [2.45, 2.75) is 52.7 Å². The van der Waals surface area contributed by atoms with Gasteiger partial charge in [-0.15, -0.1) is 0 Å². The third-order valence-corrected chi connectivity index (χ3v) is 12.5. The van der Waals surface area contributed by atoms with Gasteiger partial charge in [-0.25, -0.2) is 0 Å². The van der Waals surface area contributed by atoms with Crippen molar-refractivity contribution < 1.29 is 19.5 Å². The molecule has 3 amide bonds. The predicted octanol–water partition coefficient (Wildman–Crippen LogP) is 7.81. The molecule has 9 rings (SSSR count). The summed E-state index contributed by atoms with van der Waals surface area (Å²) in [7, 11) is 3.72. The second-order valence-corrected chi connectivity index (χ2v) is 16.0. The van der Waals surface area contributed by atoms with Gasteiger partial charge in [0.05, 0.1) is 16.8 Å². The second-order valence-electron chi connectivity index (χ2n) is 16.0. The number of aromatic amines is 1. The van der Waals surface area contributed by atoms with E-state index in [4.69, 9.17) is 0 Å². The summed E-state index contributed by atoms with van der Waals surface area (Å²) in [6.07, 6.45) is 1.24. The molecule has 0 aliphatic carbocycles.